The van der Waals surface area contributed by atoms with Gasteiger partial charge in [0.25, 0.3) is 0 Å². The van der Waals surface area contributed by atoms with E-state index in [4.69, 9.17) is 58.0 Å². The van der Waals surface area contributed by atoms with E-state index in [2.05, 4.69) is 0 Å². The lowest BCUT2D eigenvalue weighted by molar-refractivity contribution is 0.0987. The monoisotopic (exact) mass is 366 g/mol. The fourth-order valence-corrected chi connectivity index (χ4v) is 3.06. The largest absolute Gasteiger partial charge is 0.292 e. The van der Waals surface area contributed by atoms with Crippen LogP contribution in [0.5, 0.6) is 0 Å². The predicted octanol–water partition coefficient (Wildman–Crippen LogP) is 6.46. The van der Waals surface area contributed by atoms with E-state index in [1.807, 2.05) is 0 Å². The smallest absolute Gasteiger partial charge is 0.186 e. The highest BCUT2D eigenvalue weighted by atomic mass is 35.5. The highest BCUT2D eigenvalue weighted by Crippen LogP contribution is 2.34. The molecule has 0 aliphatic rings. The lowest BCUT2D eigenvalue weighted by Crippen LogP contribution is -2.08. The molecule has 0 aromatic heterocycles. The first-order valence-corrected chi connectivity index (χ1v) is 7.43. The Labute approximate surface area is 141 Å². The van der Waals surface area contributed by atoms with E-state index >= 15 is 0 Å². The van der Waals surface area contributed by atoms with Crippen molar-refractivity contribution in [2.75, 3.05) is 0 Å². The van der Waals surface area contributed by atoms with Crippen molar-refractivity contribution in [1.82, 2.24) is 0 Å². The van der Waals surface area contributed by atoms with Crippen LogP contribution in [-0.2, 0) is 0 Å². The Morgan fingerprint density at radius 2 is 1.40 bits per heavy atom. The summed E-state index contributed by atoms with van der Waals surface area (Å²) in [4.78, 5) is 12.4. The molecule has 0 spiro atoms. The summed E-state index contributed by atoms with van der Waals surface area (Å²) in [5, 5.41) is 0.550. The lowest BCUT2D eigenvalue weighted by atomic mass is 10.0. The van der Waals surface area contributed by atoms with Gasteiger partial charge in [0.05, 0.1) is 5.02 Å². The van der Waals surface area contributed by atoms with Crippen molar-refractivity contribution in [1.29, 1.82) is 0 Å². The van der Waals surface area contributed by atoms with Gasteiger partial charge in [-0.15, -0.1) is 11.6 Å². The zero-order chi connectivity index (χ0) is 14.9. The van der Waals surface area contributed by atoms with E-state index < -0.39 is 5.38 Å². The Hall–Kier alpha value is -0.440. The molecule has 0 bridgehead atoms. The van der Waals surface area contributed by atoms with Crippen LogP contribution in [0.1, 0.15) is 21.3 Å². The Morgan fingerprint density at radius 3 is 1.95 bits per heavy atom. The molecule has 1 unspecified atom stereocenters. The number of benzene rings is 2. The quantitative estimate of drug-likeness (QED) is 0.449. The van der Waals surface area contributed by atoms with Crippen LogP contribution in [0, 0.1) is 0 Å². The standard InChI is InChI=1S/C14H7Cl5O/c15-7-1-3-9(11(17)5-7)13(19)14(20)10-4-2-8(16)6-12(10)18/h1-6,13H. The highest BCUT2D eigenvalue weighted by molar-refractivity contribution is 6.41. The minimum Gasteiger partial charge on any atom is -0.292 e. The minimum atomic E-state index is -0.946. The van der Waals surface area contributed by atoms with Gasteiger partial charge in [-0.1, -0.05) is 52.5 Å². The molecule has 2 rings (SSSR count). The SMILES string of the molecule is O=C(c1ccc(Cl)cc1Cl)C(Cl)c1ccc(Cl)cc1Cl. The average Bonchev–Trinajstić information content (AvgIpc) is 2.37. The number of carbonyl (C=O) groups excluding carboxylic acids is 1. The summed E-state index contributed by atoms with van der Waals surface area (Å²) in [5.41, 5.74) is 0.774. The van der Waals surface area contributed by atoms with Crippen LogP contribution in [0.25, 0.3) is 0 Å². The van der Waals surface area contributed by atoms with Crippen LogP contribution in [0.15, 0.2) is 36.4 Å². The van der Waals surface area contributed by atoms with Gasteiger partial charge >= 0.3 is 0 Å². The third kappa shape index (κ3) is 3.41. The fourth-order valence-electron chi connectivity index (χ4n) is 1.67. The number of rotatable bonds is 3. The minimum absolute atomic E-state index is 0.248. The van der Waals surface area contributed by atoms with Gasteiger partial charge in [0.1, 0.15) is 5.38 Å². The van der Waals surface area contributed by atoms with Crippen LogP contribution in [0.2, 0.25) is 20.1 Å². The van der Waals surface area contributed by atoms with Gasteiger partial charge in [-0.3, -0.25) is 4.79 Å². The first-order valence-electron chi connectivity index (χ1n) is 5.48. The number of hydrogen-bond donors (Lipinski definition) is 0. The second kappa shape index (κ2) is 6.55. The molecule has 0 amide bonds. The molecule has 0 aliphatic heterocycles. The number of halogens is 5. The maximum absolute atomic E-state index is 12.4. The number of ketones is 1. The molecule has 0 saturated carbocycles. The lowest BCUT2D eigenvalue weighted by Gasteiger charge is -2.12. The third-order valence-electron chi connectivity index (χ3n) is 2.66. The number of Topliss-reactive ketones (excluding diaryl/α,β-unsaturated/α-hetero) is 1. The molecule has 0 fully saturated rings. The summed E-state index contributed by atoms with van der Waals surface area (Å²) in [5.74, 6) is -0.349. The zero-order valence-electron chi connectivity index (χ0n) is 9.84. The molecule has 20 heavy (non-hydrogen) atoms. The molecule has 2 aromatic carbocycles. The van der Waals surface area contributed by atoms with Gasteiger partial charge in [0.2, 0.25) is 0 Å². The first kappa shape index (κ1) is 15.9. The molecule has 6 heteroatoms. The molecule has 0 heterocycles. The van der Waals surface area contributed by atoms with E-state index in [-0.39, 0.29) is 10.8 Å². The van der Waals surface area contributed by atoms with Gasteiger partial charge in [0, 0.05) is 20.6 Å². The summed E-state index contributed by atoms with van der Waals surface area (Å²) in [6, 6.07) is 9.37. The molecule has 104 valence electrons. The van der Waals surface area contributed by atoms with Crippen molar-refractivity contribution >= 4 is 63.8 Å². The van der Waals surface area contributed by atoms with Gasteiger partial charge in [-0.2, -0.15) is 0 Å². The van der Waals surface area contributed by atoms with E-state index in [0.29, 0.717) is 26.2 Å². The summed E-state index contributed by atoms with van der Waals surface area (Å²) in [6.07, 6.45) is 0. The molecule has 1 atom stereocenters. The highest BCUT2D eigenvalue weighted by Gasteiger charge is 2.23. The third-order valence-corrected chi connectivity index (χ3v) is 4.21. The molecule has 0 N–H and O–H groups in total. The Bertz CT molecular complexity index is 669. The molecule has 0 radical (unpaired) electrons. The zero-order valence-corrected chi connectivity index (χ0v) is 13.6. The van der Waals surface area contributed by atoms with E-state index in [9.17, 15) is 4.79 Å². The van der Waals surface area contributed by atoms with Crippen LogP contribution < -0.4 is 0 Å². The Kier molecular flexibility index (Phi) is 5.22. The van der Waals surface area contributed by atoms with Crippen LogP contribution in [0.3, 0.4) is 0 Å². The van der Waals surface area contributed by atoms with Crippen molar-refractivity contribution < 1.29 is 4.79 Å². The molecule has 2 aromatic rings. The summed E-state index contributed by atoms with van der Waals surface area (Å²) in [6.45, 7) is 0. The van der Waals surface area contributed by atoms with Gasteiger partial charge < -0.3 is 0 Å². The summed E-state index contributed by atoms with van der Waals surface area (Å²) in [7, 11) is 0. The maximum atomic E-state index is 12.4. The Balaban J connectivity index is 2.37. The topological polar surface area (TPSA) is 17.1 Å². The number of alkyl halides is 1. The van der Waals surface area contributed by atoms with Crippen molar-refractivity contribution in [3.63, 3.8) is 0 Å². The van der Waals surface area contributed by atoms with Crippen LogP contribution >= 0.6 is 58.0 Å². The molecule has 0 aliphatic carbocycles. The molecule has 1 nitrogen and oxygen atoms in total. The van der Waals surface area contributed by atoms with Crippen molar-refractivity contribution in [3.8, 4) is 0 Å². The summed E-state index contributed by atoms with van der Waals surface area (Å²) >= 11 is 29.8. The average molecular weight is 368 g/mol. The molecule has 0 saturated heterocycles. The van der Waals surface area contributed by atoms with Crippen molar-refractivity contribution in [2.24, 2.45) is 0 Å². The first-order chi connectivity index (χ1) is 9.40. The molecular formula is C14H7Cl5O. The van der Waals surface area contributed by atoms with Crippen LogP contribution in [-0.4, -0.2) is 5.78 Å². The van der Waals surface area contributed by atoms with E-state index in [1.165, 1.54) is 18.2 Å². The maximum Gasteiger partial charge on any atom is 0.186 e. The second-order valence-electron chi connectivity index (χ2n) is 4.02. The van der Waals surface area contributed by atoms with E-state index in [0.717, 1.165) is 0 Å². The van der Waals surface area contributed by atoms with Crippen molar-refractivity contribution in [3.05, 3.63) is 67.6 Å². The molecular weight excluding hydrogens is 361 g/mol. The van der Waals surface area contributed by atoms with Gasteiger partial charge in [0.15, 0.2) is 5.78 Å². The fraction of sp³-hybridized carbons (Fsp3) is 0.0714. The Morgan fingerprint density at radius 1 is 0.850 bits per heavy atom. The van der Waals surface area contributed by atoms with Crippen molar-refractivity contribution in [2.45, 2.75) is 5.38 Å². The second-order valence-corrected chi connectivity index (χ2v) is 6.14. The van der Waals surface area contributed by atoms with Gasteiger partial charge in [-0.05, 0) is 35.9 Å². The number of hydrogen-bond acceptors (Lipinski definition) is 1. The van der Waals surface area contributed by atoms with E-state index in [1.54, 1.807) is 18.2 Å². The summed E-state index contributed by atoms with van der Waals surface area (Å²) < 4.78 is 0. The predicted molar refractivity (Wildman–Crippen MR) is 85.8 cm³/mol. The number of carbonyl (C=O) groups is 1. The van der Waals surface area contributed by atoms with Gasteiger partial charge in [-0.25, -0.2) is 0 Å². The normalized spacial score (nSPS) is 12.2. The van der Waals surface area contributed by atoms with Crippen LogP contribution in [0.4, 0.5) is 0 Å².